The number of rotatable bonds is 4. The van der Waals surface area contributed by atoms with E-state index in [1.54, 1.807) is 7.11 Å². The Balaban J connectivity index is 0.00000256. The predicted molar refractivity (Wildman–Crippen MR) is 71.2 cm³/mol. The van der Waals surface area contributed by atoms with Crippen molar-refractivity contribution in [3.63, 3.8) is 0 Å². The molecular weight excluding hydrogens is 240 g/mol. The van der Waals surface area contributed by atoms with Crippen molar-refractivity contribution in [2.75, 3.05) is 13.7 Å². The number of carbonyl (C=O) groups excluding carboxylic acids is 1. The summed E-state index contributed by atoms with van der Waals surface area (Å²) >= 11 is 0. The van der Waals surface area contributed by atoms with Gasteiger partial charge in [0.2, 0.25) is 5.91 Å². The average Bonchev–Trinajstić information content (AvgIpc) is 2.22. The standard InChI is InChI=1S/C12H24N2O2.ClH/c1-8-4-5-11(9(2)6-8)14-12(15)10(13)7-16-3;/h8-11H,4-7,13H2,1-3H3,(H,14,15);1H. The molecule has 0 radical (unpaired) electrons. The van der Waals surface area contributed by atoms with Gasteiger partial charge in [-0.25, -0.2) is 0 Å². The van der Waals surface area contributed by atoms with Crippen LogP contribution in [-0.4, -0.2) is 31.7 Å². The Kier molecular flexibility index (Phi) is 7.75. The van der Waals surface area contributed by atoms with Crippen molar-refractivity contribution in [2.45, 2.75) is 45.2 Å². The second-order valence-electron chi connectivity index (χ2n) is 5.07. The lowest BCUT2D eigenvalue weighted by atomic mass is 9.80. The Morgan fingerprint density at radius 3 is 2.65 bits per heavy atom. The fraction of sp³-hybridized carbons (Fsp3) is 0.917. The highest BCUT2D eigenvalue weighted by molar-refractivity contribution is 5.85. The molecule has 0 bridgehead atoms. The summed E-state index contributed by atoms with van der Waals surface area (Å²) in [6, 6.07) is -0.261. The number of ether oxygens (including phenoxy) is 1. The van der Waals surface area contributed by atoms with Gasteiger partial charge in [0, 0.05) is 13.2 Å². The lowest BCUT2D eigenvalue weighted by Gasteiger charge is -2.33. The highest BCUT2D eigenvalue weighted by atomic mass is 35.5. The average molecular weight is 265 g/mol. The first kappa shape index (κ1) is 16.7. The minimum absolute atomic E-state index is 0. The molecule has 0 aromatic rings. The molecule has 0 aromatic carbocycles. The summed E-state index contributed by atoms with van der Waals surface area (Å²) in [4.78, 5) is 11.7. The fourth-order valence-corrected chi connectivity index (χ4v) is 2.42. The second-order valence-corrected chi connectivity index (χ2v) is 5.07. The minimum Gasteiger partial charge on any atom is -0.383 e. The lowest BCUT2D eigenvalue weighted by molar-refractivity contribution is -0.124. The van der Waals surface area contributed by atoms with E-state index in [1.165, 1.54) is 12.8 Å². The molecular formula is C12H25ClN2O2. The highest BCUT2D eigenvalue weighted by Crippen LogP contribution is 2.28. The van der Waals surface area contributed by atoms with Crippen molar-refractivity contribution in [1.29, 1.82) is 0 Å². The smallest absolute Gasteiger partial charge is 0.239 e. The Hall–Kier alpha value is -0.320. The van der Waals surface area contributed by atoms with Crippen LogP contribution in [0.5, 0.6) is 0 Å². The van der Waals surface area contributed by atoms with Crippen molar-refractivity contribution >= 4 is 18.3 Å². The maximum absolute atomic E-state index is 11.7. The molecule has 4 atom stereocenters. The minimum atomic E-state index is -0.545. The van der Waals surface area contributed by atoms with Crippen molar-refractivity contribution < 1.29 is 9.53 Å². The number of carbonyl (C=O) groups is 1. The number of amides is 1. The molecule has 4 nitrogen and oxygen atoms in total. The third kappa shape index (κ3) is 5.23. The van der Waals surface area contributed by atoms with Crippen molar-refractivity contribution in [2.24, 2.45) is 17.6 Å². The van der Waals surface area contributed by atoms with E-state index in [0.29, 0.717) is 5.92 Å². The first-order valence-electron chi connectivity index (χ1n) is 6.09. The molecule has 0 saturated heterocycles. The molecule has 0 aliphatic heterocycles. The predicted octanol–water partition coefficient (Wildman–Crippen LogP) is 1.32. The number of nitrogens with one attached hydrogen (secondary N) is 1. The van der Waals surface area contributed by atoms with Gasteiger partial charge in [0.25, 0.3) is 0 Å². The van der Waals surface area contributed by atoms with E-state index in [1.807, 2.05) is 0 Å². The Labute approximate surface area is 110 Å². The SMILES string of the molecule is COCC(N)C(=O)NC1CCC(C)CC1C.Cl. The first-order valence-corrected chi connectivity index (χ1v) is 6.09. The number of nitrogens with two attached hydrogens (primary N) is 1. The van der Waals surface area contributed by atoms with Gasteiger partial charge in [0.1, 0.15) is 6.04 Å². The summed E-state index contributed by atoms with van der Waals surface area (Å²) in [6.07, 6.45) is 3.44. The molecule has 0 aromatic heterocycles. The van der Waals surface area contributed by atoms with Crippen molar-refractivity contribution in [3.05, 3.63) is 0 Å². The molecule has 0 heterocycles. The van der Waals surface area contributed by atoms with Crippen LogP contribution in [0.15, 0.2) is 0 Å². The van der Waals surface area contributed by atoms with Gasteiger partial charge in [-0.15, -0.1) is 12.4 Å². The summed E-state index contributed by atoms with van der Waals surface area (Å²) in [5.41, 5.74) is 5.68. The number of hydrogen-bond acceptors (Lipinski definition) is 3. The first-order chi connectivity index (χ1) is 7.54. The Morgan fingerprint density at radius 1 is 1.47 bits per heavy atom. The monoisotopic (exact) mass is 264 g/mol. The number of hydrogen-bond donors (Lipinski definition) is 2. The van der Waals surface area contributed by atoms with E-state index < -0.39 is 6.04 Å². The van der Waals surface area contributed by atoms with Crippen LogP contribution in [0.2, 0.25) is 0 Å². The number of halogens is 1. The zero-order valence-corrected chi connectivity index (χ0v) is 11.8. The van der Waals surface area contributed by atoms with Crippen LogP contribution in [0, 0.1) is 11.8 Å². The van der Waals surface area contributed by atoms with Crippen LogP contribution in [0.3, 0.4) is 0 Å². The van der Waals surface area contributed by atoms with E-state index in [2.05, 4.69) is 19.2 Å². The van der Waals surface area contributed by atoms with Crippen LogP contribution in [-0.2, 0) is 9.53 Å². The molecule has 1 aliphatic carbocycles. The Bertz CT molecular complexity index is 239. The maximum atomic E-state index is 11.7. The van der Waals surface area contributed by atoms with Crippen molar-refractivity contribution in [1.82, 2.24) is 5.32 Å². The quantitative estimate of drug-likeness (QED) is 0.805. The topological polar surface area (TPSA) is 64.3 Å². The maximum Gasteiger partial charge on any atom is 0.239 e. The normalized spacial score (nSPS) is 30.2. The molecule has 1 aliphatic rings. The summed E-state index contributed by atoms with van der Waals surface area (Å²) in [6.45, 7) is 4.75. The van der Waals surface area contributed by atoms with Gasteiger partial charge in [0.15, 0.2) is 0 Å². The molecule has 1 amide bonds. The number of methoxy groups -OCH3 is 1. The molecule has 1 fully saturated rings. The summed E-state index contributed by atoms with van der Waals surface area (Å²) in [7, 11) is 1.55. The van der Waals surface area contributed by atoms with Gasteiger partial charge in [-0.2, -0.15) is 0 Å². The zero-order chi connectivity index (χ0) is 12.1. The van der Waals surface area contributed by atoms with E-state index in [4.69, 9.17) is 10.5 Å². The van der Waals surface area contributed by atoms with Gasteiger partial charge >= 0.3 is 0 Å². The van der Waals surface area contributed by atoms with Crippen LogP contribution in [0.1, 0.15) is 33.1 Å². The zero-order valence-electron chi connectivity index (χ0n) is 10.9. The Morgan fingerprint density at radius 2 is 2.12 bits per heavy atom. The lowest BCUT2D eigenvalue weighted by Crippen LogP contribution is -2.50. The van der Waals surface area contributed by atoms with Gasteiger partial charge in [0.05, 0.1) is 6.61 Å². The highest BCUT2D eigenvalue weighted by Gasteiger charge is 2.27. The second kappa shape index (κ2) is 7.90. The van der Waals surface area contributed by atoms with Gasteiger partial charge in [-0.05, 0) is 31.1 Å². The molecule has 102 valence electrons. The third-order valence-electron chi connectivity index (χ3n) is 3.44. The molecule has 1 rings (SSSR count). The molecule has 0 spiro atoms. The summed E-state index contributed by atoms with van der Waals surface area (Å²) in [5, 5.41) is 3.03. The van der Waals surface area contributed by atoms with Gasteiger partial charge in [-0.3, -0.25) is 4.79 Å². The van der Waals surface area contributed by atoms with Crippen LogP contribution >= 0.6 is 12.4 Å². The van der Waals surface area contributed by atoms with Crippen LogP contribution in [0.25, 0.3) is 0 Å². The third-order valence-corrected chi connectivity index (χ3v) is 3.44. The van der Waals surface area contributed by atoms with Gasteiger partial charge < -0.3 is 15.8 Å². The molecule has 17 heavy (non-hydrogen) atoms. The van der Waals surface area contributed by atoms with E-state index in [9.17, 15) is 4.79 Å². The summed E-state index contributed by atoms with van der Waals surface area (Å²) < 4.78 is 4.87. The van der Waals surface area contributed by atoms with E-state index in [0.717, 1.165) is 12.3 Å². The van der Waals surface area contributed by atoms with Crippen LogP contribution in [0.4, 0.5) is 0 Å². The van der Waals surface area contributed by atoms with Crippen molar-refractivity contribution in [3.8, 4) is 0 Å². The van der Waals surface area contributed by atoms with Gasteiger partial charge in [-0.1, -0.05) is 13.8 Å². The molecule has 3 N–H and O–H groups in total. The van der Waals surface area contributed by atoms with Crippen LogP contribution < -0.4 is 11.1 Å². The van der Waals surface area contributed by atoms with E-state index in [-0.39, 0.29) is 31.0 Å². The fourth-order valence-electron chi connectivity index (χ4n) is 2.42. The summed E-state index contributed by atoms with van der Waals surface area (Å²) in [5.74, 6) is 1.23. The largest absolute Gasteiger partial charge is 0.383 e. The molecule has 5 heteroatoms. The van der Waals surface area contributed by atoms with E-state index >= 15 is 0 Å². The molecule has 1 saturated carbocycles. The molecule has 4 unspecified atom stereocenters.